The van der Waals surface area contributed by atoms with E-state index < -0.39 is 0 Å². The van der Waals surface area contributed by atoms with Crippen molar-refractivity contribution in [3.63, 3.8) is 0 Å². The van der Waals surface area contributed by atoms with Crippen molar-refractivity contribution in [3.8, 4) is 11.5 Å². The molecule has 0 saturated carbocycles. The van der Waals surface area contributed by atoms with Gasteiger partial charge >= 0.3 is 0 Å². The number of carbonyl (C=O) groups excluding carboxylic acids is 1. The molecule has 0 radical (unpaired) electrons. The molecule has 1 unspecified atom stereocenters. The Kier molecular flexibility index (Phi) is 4.24. The molecule has 1 aliphatic heterocycles. The van der Waals surface area contributed by atoms with Gasteiger partial charge in [-0.2, -0.15) is 0 Å². The van der Waals surface area contributed by atoms with Crippen LogP contribution in [0.5, 0.6) is 11.5 Å². The first-order valence-corrected chi connectivity index (χ1v) is 6.18. The van der Waals surface area contributed by atoms with Crippen LogP contribution in [-0.2, 0) is 4.74 Å². The van der Waals surface area contributed by atoms with Gasteiger partial charge in [0.15, 0.2) is 0 Å². The number of rotatable bonds is 3. The molecule has 6 nitrogen and oxygen atoms in total. The highest BCUT2D eigenvalue weighted by atomic mass is 16.5. The predicted molar refractivity (Wildman–Crippen MR) is 69.3 cm³/mol. The molecule has 1 aromatic carbocycles. The minimum atomic E-state index is -0.212. The van der Waals surface area contributed by atoms with E-state index in [0.29, 0.717) is 26.2 Å². The quantitative estimate of drug-likeness (QED) is 0.726. The second-order valence-corrected chi connectivity index (χ2v) is 4.54. The Morgan fingerprint density at radius 1 is 1.42 bits per heavy atom. The summed E-state index contributed by atoms with van der Waals surface area (Å²) in [5.41, 5.74) is 0.280. The Morgan fingerprint density at radius 3 is 2.74 bits per heavy atom. The highest BCUT2D eigenvalue weighted by Crippen LogP contribution is 2.22. The number of ether oxygens (including phenoxy) is 1. The number of amides is 1. The van der Waals surface area contributed by atoms with Crippen LogP contribution in [0.1, 0.15) is 10.4 Å². The number of hydrogen-bond acceptors (Lipinski definition) is 5. The third-order valence-electron chi connectivity index (χ3n) is 3.01. The lowest BCUT2D eigenvalue weighted by Crippen LogP contribution is -2.48. The number of morpholine rings is 1. The van der Waals surface area contributed by atoms with Crippen molar-refractivity contribution in [2.75, 3.05) is 33.3 Å². The molecular weight excluding hydrogens is 248 g/mol. The summed E-state index contributed by atoms with van der Waals surface area (Å²) in [6, 6.07) is 3.90. The molecule has 0 aromatic heterocycles. The molecule has 3 N–H and O–H groups in total. The van der Waals surface area contributed by atoms with E-state index in [1.807, 2.05) is 7.05 Å². The number of nitrogens with zero attached hydrogens (tertiary/aromatic N) is 1. The second-order valence-electron chi connectivity index (χ2n) is 4.54. The van der Waals surface area contributed by atoms with Gasteiger partial charge in [-0.3, -0.25) is 4.79 Å². The first-order chi connectivity index (χ1) is 9.10. The van der Waals surface area contributed by atoms with Crippen molar-refractivity contribution in [1.82, 2.24) is 10.2 Å². The number of hydrogen-bond donors (Lipinski definition) is 3. The van der Waals surface area contributed by atoms with Crippen LogP contribution in [0.4, 0.5) is 0 Å². The van der Waals surface area contributed by atoms with Crippen molar-refractivity contribution in [3.05, 3.63) is 23.8 Å². The lowest BCUT2D eigenvalue weighted by atomic mass is 10.1. The van der Waals surface area contributed by atoms with Crippen LogP contribution in [0.25, 0.3) is 0 Å². The molecule has 1 heterocycles. The third kappa shape index (κ3) is 3.36. The third-order valence-corrected chi connectivity index (χ3v) is 3.01. The SMILES string of the molecule is CNCC1CN(C(=O)c2cc(O)cc(O)c2)CCO1. The molecule has 1 aliphatic rings. The van der Waals surface area contributed by atoms with Gasteiger partial charge in [0.1, 0.15) is 11.5 Å². The zero-order valence-electron chi connectivity index (χ0n) is 10.8. The van der Waals surface area contributed by atoms with Crippen LogP contribution >= 0.6 is 0 Å². The molecule has 1 aromatic rings. The van der Waals surface area contributed by atoms with E-state index in [1.165, 1.54) is 18.2 Å². The smallest absolute Gasteiger partial charge is 0.254 e. The molecule has 104 valence electrons. The summed E-state index contributed by atoms with van der Waals surface area (Å²) in [6.45, 7) is 2.17. The summed E-state index contributed by atoms with van der Waals surface area (Å²) >= 11 is 0. The van der Waals surface area contributed by atoms with Gasteiger partial charge in [0.05, 0.1) is 12.7 Å². The Balaban J connectivity index is 2.10. The van der Waals surface area contributed by atoms with Crippen molar-refractivity contribution < 1.29 is 19.7 Å². The topological polar surface area (TPSA) is 82.0 Å². The maximum absolute atomic E-state index is 12.3. The van der Waals surface area contributed by atoms with Gasteiger partial charge in [-0.15, -0.1) is 0 Å². The summed E-state index contributed by atoms with van der Waals surface area (Å²) in [5, 5.41) is 21.8. The maximum atomic E-state index is 12.3. The monoisotopic (exact) mass is 266 g/mol. The number of phenolic OH excluding ortho intramolecular Hbond substituents is 2. The van der Waals surface area contributed by atoms with Crippen LogP contribution in [-0.4, -0.2) is 60.4 Å². The number of likely N-dealkylation sites (N-methyl/N-ethyl adjacent to an activating group) is 1. The fourth-order valence-electron chi connectivity index (χ4n) is 2.16. The molecule has 0 bridgehead atoms. The van der Waals surface area contributed by atoms with Crippen LogP contribution in [0, 0.1) is 0 Å². The summed E-state index contributed by atoms with van der Waals surface area (Å²) in [4.78, 5) is 13.9. The first-order valence-electron chi connectivity index (χ1n) is 6.18. The Hall–Kier alpha value is -1.79. The van der Waals surface area contributed by atoms with E-state index >= 15 is 0 Å². The van der Waals surface area contributed by atoms with E-state index in [1.54, 1.807) is 4.90 Å². The fourth-order valence-corrected chi connectivity index (χ4v) is 2.16. The van der Waals surface area contributed by atoms with Gasteiger partial charge in [0.25, 0.3) is 5.91 Å². The minimum Gasteiger partial charge on any atom is -0.508 e. The number of aromatic hydroxyl groups is 2. The van der Waals surface area contributed by atoms with E-state index in [2.05, 4.69) is 5.32 Å². The number of phenols is 2. The normalized spacial score (nSPS) is 19.4. The van der Waals surface area contributed by atoms with Gasteiger partial charge in [0, 0.05) is 31.3 Å². The molecular formula is C13H18N2O4. The Labute approximate surface area is 111 Å². The molecule has 0 spiro atoms. The maximum Gasteiger partial charge on any atom is 0.254 e. The van der Waals surface area contributed by atoms with Crippen molar-refractivity contribution in [2.45, 2.75) is 6.10 Å². The summed E-state index contributed by atoms with van der Waals surface area (Å²) in [6.07, 6.45) is -0.0337. The average Bonchev–Trinajstić information content (AvgIpc) is 2.37. The standard InChI is InChI=1S/C13H18N2O4/c1-14-7-12-8-15(2-3-19-12)13(18)9-4-10(16)6-11(17)5-9/h4-6,12,14,16-17H,2-3,7-8H2,1H3. The zero-order valence-corrected chi connectivity index (χ0v) is 10.8. The van der Waals surface area contributed by atoms with Gasteiger partial charge in [-0.25, -0.2) is 0 Å². The summed E-state index contributed by atoms with van der Waals surface area (Å²) in [5.74, 6) is -0.456. The number of benzene rings is 1. The average molecular weight is 266 g/mol. The Morgan fingerprint density at radius 2 is 2.11 bits per heavy atom. The molecule has 1 saturated heterocycles. The molecule has 0 aliphatic carbocycles. The number of carbonyl (C=O) groups is 1. The lowest BCUT2D eigenvalue weighted by molar-refractivity contribution is -0.0196. The van der Waals surface area contributed by atoms with Gasteiger partial charge in [-0.1, -0.05) is 0 Å². The first kappa shape index (κ1) is 13.6. The predicted octanol–water partition coefficient (Wildman–Crippen LogP) is 0.158. The molecule has 1 atom stereocenters. The molecule has 6 heteroatoms. The van der Waals surface area contributed by atoms with Crippen LogP contribution in [0.15, 0.2) is 18.2 Å². The van der Waals surface area contributed by atoms with E-state index in [0.717, 1.165) is 0 Å². The van der Waals surface area contributed by atoms with Crippen molar-refractivity contribution in [2.24, 2.45) is 0 Å². The van der Waals surface area contributed by atoms with Gasteiger partial charge < -0.3 is 25.2 Å². The van der Waals surface area contributed by atoms with Crippen molar-refractivity contribution in [1.29, 1.82) is 0 Å². The second kappa shape index (κ2) is 5.90. The Bertz CT molecular complexity index is 442. The van der Waals surface area contributed by atoms with Crippen LogP contribution < -0.4 is 5.32 Å². The van der Waals surface area contributed by atoms with Crippen LogP contribution in [0.3, 0.4) is 0 Å². The summed E-state index contributed by atoms with van der Waals surface area (Å²) < 4.78 is 5.53. The van der Waals surface area contributed by atoms with Gasteiger partial charge in [-0.05, 0) is 19.2 Å². The lowest BCUT2D eigenvalue weighted by Gasteiger charge is -2.33. The van der Waals surface area contributed by atoms with E-state index in [4.69, 9.17) is 4.74 Å². The van der Waals surface area contributed by atoms with Crippen molar-refractivity contribution >= 4 is 5.91 Å². The molecule has 1 fully saturated rings. The van der Waals surface area contributed by atoms with E-state index in [9.17, 15) is 15.0 Å². The van der Waals surface area contributed by atoms with Crippen LogP contribution in [0.2, 0.25) is 0 Å². The summed E-state index contributed by atoms with van der Waals surface area (Å²) in [7, 11) is 1.83. The highest BCUT2D eigenvalue weighted by Gasteiger charge is 2.25. The van der Waals surface area contributed by atoms with E-state index in [-0.39, 0.29) is 29.1 Å². The zero-order chi connectivity index (χ0) is 13.8. The molecule has 19 heavy (non-hydrogen) atoms. The minimum absolute atomic E-state index is 0.0337. The number of nitrogens with one attached hydrogen (secondary N) is 1. The highest BCUT2D eigenvalue weighted by molar-refractivity contribution is 5.95. The molecule has 2 rings (SSSR count). The van der Waals surface area contributed by atoms with Gasteiger partial charge in [0.2, 0.25) is 0 Å². The molecule has 1 amide bonds. The largest absolute Gasteiger partial charge is 0.508 e. The fraction of sp³-hybridized carbons (Fsp3) is 0.462.